The molecule has 1 fully saturated rings. The van der Waals surface area contributed by atoms with Gasteiger partial charge in [0.05, 0.1) is 12.6 Å². The number of carbonyl (C=O) groups excluding carboxylic acids is 1. The molecule has 0 unspecified atom stereocenters. The van der Waals surface area contributed by atoms with Gasteiger partial charge in [0.25, 0.3) is 17.9 Å². The number of aromatic nitrogens is 1. The normalized spacial score (nSPS) is 19.3. The number of nitrogens with one attached hydrogen (secondary N) is 1. The van der Waals surface area contributed by atoms with Gasteiger partial charge in [-0.05, 0) is 23.1 Å². The van der Waals surface area contributed by atoms with E-state index < -0.39 is 0 Å². The molecule has 7 nitrogen and oxygen atoms in total. The number of hydrogen-bond acceptors (Lipinski definition) is 4. The molecule has 2 atom stereocenters. The smallest absolute Gasteiger partial charge is 0.290 e. The summed E-state index contributed by atoms with van der Waals surface area (Å²) >= 11 is 0. The van der Waals surface area contributed by atoms with Gasteiger partial charge in [-0.3, -0.25) is 14.4 Å². The molecule has 2 aromatic rings. The number of nitrogens with zero attached hydrogens (tertiary/aromatic N) is 1. The van der Waals surface area contributed by atoms with Crippen molar-refractivity contribution in [2.75, 3.05) is 13.1 Å². The number of morpholine rings is 1. The molecular formula is C21H26N2O5. The molecule has 28 heavy (non-hydrogen) atoms. The molecule has 0 spiro atoms. The lowest BCUT2D eigenvalue weighted by Crippen LogP contribution is -2.51. The number of ether oxygens (including phenoxy) is 1. The van der Waals surface area contributed by atoms with Gasteiger partial charge in [0, 0.05) is 12.7 Å². The molecule has 1 aliphatic rings. The van der Waals surface area contributed by atoms with Gasteiger partial charge in [-0.1, -0.05) is 51.1 Å². The third-order valence-electron chi connectivity index (χ3n) is 4.57. The topological polar surface area (TPSA) is 99.7 Å². The number of aromatic amines is 1. The predicted molar refractivity (Wildman–Crippen MR) is 105 cm³/mol. The maximum atomic E-state index is 12.9. The van der Waals surface area contributed by atoms with Crippen LogP contribution in [0.2, 0.25) is 0 Å². The number of pyridine rings is 1. The first kappa shape index (κ1) is 21.4. The van der Waals surface area contributed by atoms with Crippen LogP contribution in [-0.2, 0) is 9.53 Å². The first-order chi connectivity index (χ1) is 13.3. The molecule has 1 aromatic carbocycles. The highest BCUT2D eigenvalue weighted by molar-refractivity contribution is 5.93. The van der Waals surface area contributed by atoms with Gasteiger partial charge in [0.2, 0.25) is 0 Å². The molecule has 0 saturated carbocycles. The highest BCUT2D eigenvalue weighted by Gasteiger charge is 2.38. The molecule has 1 saturated heterocycles. The lowest BCUT2D eigenvalue weighted by Gasteiger charge is -2.43. The average molecular weight is 386 g/mol. The summed E-state index contributed by atoms with van der Waals surface area (Å²) in [4.78, 5) is 37.6. The third-order valence-corrected chi connectivity index (χ3v) is 4.57. The highest BCUT2D eigenvalue weighted by Crippen LogP contribution is 2.33. The monoisotopic (exact) mass is 386 g/mol. The molecule has 1 aliphatic heterocycles. The molecule has 150 valence electrons. The SMILES string of the molecule is CC(C)(C)[C@H]1CN(C(=O)c2ccc[nH]c2=O)C[C@@H](c2ccccc2)O1.O=CO. The molecule has 2 heterocycles. The van der Waals surface area contributed by atoms with Gasteiger partial charge >= 0.3 is 0 Å². The van der Waals surface area contributed by atoms with Crippen LogP contribution in [0.5, 0.6) is 0 Å². The van der Waals surface area contributed by atoms with Gasteiger partial charge in [0.1, 0.15) is 11.7 Å². The van der Waals surface area contributed by atoms with Gasteiger partial charge < -0.3 is 19.7 Å². The Labute approximate surface area is 164 Å². The van der Waals surface area contributed by atoms with Crippen LogP contribution in [0, 0.1) is 5.41 Å². The Balaban J connectivity index is 0.000000878. The summed E-state index contributed by atoms with van der Waals surface area (Å²) < 4.78 is 6.30. The van der Waals surface area contributed by atoms with Crippen molar-refractivity contribution >= 4 is 12.4 Å². The van der Waals surface area contributed by atoms with E-state index in [1.54, 1.807) is 17.0 Å². The summed E-state index contributed by atoms with van der Waals surface area (Å²) in [6, 6.07) is 13.1. The number of carboxylic acid groups (broad SMARTS) is 1. The van der Waals surface area contributed by atoms with E-state index in [0.29, 0.717) is 13.1 Å². The second-order valence-corrected chi connectivity index (χ2v) is 7.62. The number of benzene rings is 1. The summed E-state index contributed by atoms with van der Waals surface area (Å²) in [5, 5.41) is 6.89. The van der Waals surface area contributed by atoms with E-state index >= 15 is 0 Å². The Morgan fingerprint density at radius 2 is 1.82 bits per heavy atom. The van der Waals surface area contributed by atoms with Crippen LogP contribution in [0.1, 0.15) is 42.8 Å². The van der Waals surface area contributed by atoms with Gasteiger partial charge in [-0.15, -0.1) is 0 Å². The molecule has 2 N–H and O–H groups in total. The average Bonchev–Trinajstić information content (AvgIpc) is 2.68. The van der Waals surface area contributed by atoms with Crippen molar-refractivity contribution in [3.8, 4) is 0 Å². The van der Waals surface area contributed by atoms with Crippen LogP contribution in [-0.4, -0.2) is 46.6 Å². The summed E-state index contributed by atoms with van der Waals surface area (Å²) in [5.74, 6) is -0.250. The molecule has 0 aliphatic carbocycles. The largest absolute Gasteiger partial charge is 0.483 e. The summed E-state index contributed by atoms with van der Waals surface area (Å²) in [6.07, 6.45) is 1.22. The van der Waals surface area contributed by atoms with Gasteiger partial charge in [-0.25, -0.2) is 0 Å². The zero-order chi connectivity index (χ0) is 20.7. The first-order valence-electron chi connectivity index (χ1n) is 9.03. The minimum absolute atomic E-state index is 0.113. The van der Waals surface area contributed by atoms with Crippen molar-refractivity contribution < 1.29 is 19.4 Å². The zero-order valence-electron chi connectivity index (χ0n) is 16.3. The molecule has 0 radical (unpaired) electrons. The van der Waals surface area contributed by atoms with E-state index in [4.69, 9.17) is 14.6 Å². The number of hydrogen-bond donors (Lipinski definition) is 2. The van der Waals surface area contributed by atoms with E-state index in [-0.39, 0.29) is 41.1 Å². The Hall–Kier alpha value is -2.93. The predicted octanol–water partition coefficient (Wildman–Crippen LogP) is 2.70. The van der Waals surface area contributed by atoms with E-state index in [9.17, 15) is 9.59 Å². The third kappa shape index (κ3) is 5.29. The summed E-state index contributed by atoms with van der Waals surface area (Å²) in [5.41, 5.74) is 0.734. The highest BCUT2D eigenvalue weighted by atomic mass is 16.5. The molecule has 1 aromatic heterocycles. The van der Waals surface area contributed by atoms with Crippen LogP contribution in [0.4, 0.5) is 0 Å². The van der Waals surface area contributed by atoms with Gasteiger partial charge in [-0.2, -0.15) is 0 Å². The molecule has 3 rings (SSSR count). The van der Waals surface area contributed by atoms with Crippen molar-refractivity contribution in [1.82, 2.24) is 9.88 Å². The second-order valence-electron chi connectivity index (χ2n) is 7.62. The quantitative estimate of drug-likeness (QED) is 0.773. The number of rotatable bonds is 2. The van der Waals surface area contributed by atoms with Gasteiger partial charge in [0.15, 0.2) is 0 Å². The fraction of sp³-hybridized carbons (Fsp3) is 0.381. The molecule has 0 bridgehead atoms. The molecule has 7 heteroatoms. The van der Waals surface area contributed by atoms with E-state index in [0.717, 1.165) is 5.56 Å². The van der Waals surface area contributed by atoms with Crippen molar-refractivity contribution in [2.45, 2.75) is 33.0 Å². The summed E-state index contributed by atoms with van der Waals surface area (Å²) in [6.45, 7) is 6.96. The summed E-state index contributed by atoms with van der Waals surface area (Å²) in [7, 11) is 0. The van der Waals surface area contributed by atoms with Crippen LogP contribution in [0.3, 0.4) is 0 Å². The number of carbonyl (C=O) groups is 2. The van der Waals surface area contributed by atoms with Crippen LogP contribution in [0.25, 0.3) is 0 Å². The molecule has 1 amide bonds. The van der Waals surface area contributed by atoms with Crippen molar-refractivity contribution in [1.29, 1.82) is 0 Å². The van der Waals surface area contributed by atoms with Crippen LogP contribution in [0.15, 0.2) is 53.5 Å². The Morgan fingerprint density at radius 3 is 2.39 bits per heavy atom. The maximum Gasteiger partial charge on any atom is 0.290 e. The van der Waals surface area contributed by atoms with Crippen LogP contribution < -0.4 is 5.56 Å². The second kappa shape index (κ2) is 9.32. The maximum absolute atomic E-state index is 12.9. The lowest BCUT2D eigenvalue weighted by molar-refractivity contribution is -0.122. The molecular weight excluding hydrogens is 360 g/mol. The van der Waals surface area contributed by atoms with E-state index in [2.05, 4.69) is 25.8 Å². The Bertz CT molecular complexity index is 842. The fourth-order valence-electron chi connectivity index (χ4n) is 3.02. The minimum Gasteiger partial charge on any atom is -0.483 e. The lowest BCUT2D eigenvalue weighted by atomic mass is 9.87. The van der Waals surface area contributed by atoms with Crippen molar-refractivity contribution in [3.63, 3.8) is 0 Å². The number of amides is 1. The minimum atomic E-state index is -0.359. The van der Waals surface area contributed by atoms with Crippen LogP contribution >= 0.6 is 0 Å². The van der Waals surface area contributed by atoms with Crippen molar-refractivity contribution in [2.24, 2.45) is 5.41 Å². The fourth-order valence-corrected chi connectivity index (χ4v) is 3.02. The van der Waals surface area contributed by atoms with Crippen molar-refractivity contribution in [3.05, 3.63) is 70.1 Å². The van der Waals surface area contributed by atoms with E-state index in [1.165, 1.54) is 6.20 Å². The standard InChI is InChI=1S/C20H24N2O3.CH2O2/c1-20(2,3)17-13-22(19(24)15-10-7-11-21-18(15)23)12-16(25-17)14-8-5-4-6-9-14;2-1-3/h4-11,16-17H,12-13H2,1-3H3,(H,21,23);1H,(H,2,3)/t16-,17+;/m0./s1. The first-order valence-corrected chi connectivity index (χ1v) is 9.03. The van der Waals surface area contributed by atoms with E-state index in [1.807, 2.05) is 30.3 Å². The Kier molecular flexibility index (Phi) is 7.12. The number of H-pyrrole nitrogens is 1. The Morgan fingerprint density at radius 1 is 1.18 bits per heavy atom. The zero-order valence-corrected chi connectivity index (χ0v) is 16.3.